The van der Waals surface area contributed by atoms with Gasteiger partial charge in [-0.25, -0.2) is 8.42 Å². The normalized spacial score (nSPS) is 16.6. The van der Waals surface area contributed by atoms with E-state index in [2.05, 4.69) is 10.3 Å². The number of carbonyl (C=O) groups is 1. The maximum absolute atomic E-state index is 12.8. The van der Waals surface area contributed by atoms with Crippen molar-refractivity contribution >= 4 is 26.6 Å². The Morgan fingerprint density at radius 2 is 1.97 bits per heavy atom. The molecule has 1 atom stereocenters. The first-order chi connectivity index (χ1) is 14.4. The van der Waals surface area contributed by atoms with E-state index >= 15 is 0 Å². The van der Waals surface area contributed by atoms with E-state index in [1.807, 2.05) is 0 Å². The maximum Gasteiger partial charge on any atom is 0.271 e. The number of hydrogen-bond acceptors (Lipinski definition) is 6. The van der Waals surface area contributed by atoms with Crippen LogP contribution in [0.25, 0.3) is 10.9 Å². The number of aromatic hydroxyl groups is 1. The molecule has 1 aliphatic heterocycles. The molecule has 1 fully saturated rings. The number of aromatic nitrogens is 1. The molecule has 2 aromatic carbocycles. The Labute approximate surface area is 172 Å². The molecule has 30 heavy (non-hydrogen) atoms. The summed E-state index contributed by atoms with van der Waals surface area (Å²) in [6.07, 6.45) is 1.84. The van der Waals surface area contributed by atoms with Crippen molar-refractivity contribution in [3.63, 3.8) is 0 Å². The zero-order chi connectivity index (χ0) is 21.3. The molecule has 0 saturated carbocycles. The lowest BCUT2D eigenvalue weighted by molar-refractivity contribution is 0.0858. The second kappa shape index (κ2) is 7.92. The van der Waals surface area contributed by atoms with E-state index in [0.29, 0.717) is 13.2 Å². The average molecular weight is 428 g/mol. The number of benzene rings is 2. The highest BCUT2D eigenvalue weighted by atomic mass is 32.2. The lowest BCUT2D eigenvalue weighted by Gasteiger charge is -2.12. The van der Waals surface area contributed by atoms with Gasteiger partial charge in [-0.1, -0.05) is 18.2 Å². The summed E-state index contributed by atoms with van der Waals surface area (Å²) in [5, 5.41) is 13.5. The van der Waals surface area contributed by atoms with Crippen LogP contribution in [0.5, 0.6) is 5.75 Å². The molecule has 0 aliphatic carbocycles. The monoisotopic (exact) mass is 428 g/mol. The molecule has 8 nitrogen and oxygen atoms in total. The number of carbonyl (C=O) groups excluding carboxylic acids is 1. The predicted molar refractivity (Wildman–Crippen MR) is 109 cm³/mol. The van der Waals surface area contributed by atoms with Crippen LogP contribution in [0.3, 0.4) is 0 Å². The second-order valence-corrected chi connectivity index (χ2v) is 8.94. The van der Waals surface area contributed by atoms with E-state index in [1.54, 1.807) is 6.07 Å². The van der Waals surface area contributed by atoms with Crippen molar-refractivity contribution in [3.05, 3.63) is 64.4 Å². The highest BCUT2D eigenvalue weighted by Gasteiger charge is 2.27. The third-order valence-electron chi connectivity index (χ3n) is 5.04. The number of H-pyrrole nitrogens is 1. The van der Waals surface area contributed by atoms with Crippen LogP contribution in [-0.4, -0.2) is 43.7 Å². The Morgan fingerprint density at radius 1 is 1.20 bits per heavy atom. The number of amides is 1. The van der Waals surface area contributed by atoms with Gasteiger partial charge in [0.05, 0.1) is 16.5 Å². The van der Waals surface area contributed by atoms with E-state index in [0.717, 1.165) is 12.8 Å². The first-order valence-electron chi connectivity index (χ1n) is 9.47. The molecule has 2 heterocycles. The van der Waals surface area contributed by atoms with Gasteiger partial charge < -0.3 is 20.1 Å². The Bertz CT molecular complexity index is 1260. The van der Waals surface area contributed by atoms with Crippen LogP contribution in [0.2, 0.25) is 0 Å². The van der Waals surface area contributed by atoms with E-state index in [1.165, 1.54) is 42.5 Å². The van der Waals surface area contributed by atoms with E-state index in [4.69, 9.17) is 4.74 Å². The number of sulfone groups is 1. The highest BCUT2D eigenvalue weighted by Crippen LogP contribution is 2.31. The summed E-state index contributed by atoms with van der Waals surface area (Å²) in [7, 11) is -4.22. The molecule has 1 saturated heterocycles. The van der Waals surface area contributed by atoms with Crippen molar-refractivity contribution in [1.29, 1.82) is 0 Å². The third-order valence-corrected chi connectivity index (χ3v) is 6.85. The van der Waals surface area contributed by atoms with Gasteiger partial charge in [0.15, 0.2) is 4.90 Å². The van der Waals surface area contributed by atoms with Crippen molar-refractivity contribution in [2.75, 3.05) is 13.2 Å². The fraction of sp³-hybridized carbons (Fsp3) is 0.238. The van der Waals surface area contributed by atoms with E-state index in [-0.39, 0.29) is 33.4 Å². The largest absolute Gasteiger partial charge is 0.506 e. The van der Waals surface area contributed by atoms with Crippen molar-refractivity contribution in [2.45, 2.75) is 28.7 Å². The maximum atomic E-state index is 12.8. The van der Waals surface area contributed by atoms with Gasteiger partial charge >= 0.3 is 0 Å². The number of ether oxygens (including phenoxy) is 1. The number of aromatic amines is 1. The molecule has 9 heteroatoms. The molecule has 3 N–H and O–H groups in total. The average Bonchev–Trinajstić information content (AvgIpc) is 3.25. The van der Waals surface area contributed by atoms with Gasteiger partial charge in [0.1, 0.15) is 5.75 Å². The third kappa shape index (κ3) is 3.69. The van der Waals surface area contributed by atoms with Gasteiger partial charge in [0.2, 0.25) is 9.84 Å². The zero-order valence-corrected chi connectivity index (χ0v) is 16.7. The summed E-state index contributed by atoms with van der Waals surface area (Å²) >= 11 is 0. The van der Waals surface area contributed by atoms with Crippen LogP contribution in [0.4, 0.5) is 0 Å². The summed E-state index contributed by atoms with van der Waals surface area (Å²) in [5.41, 5.74) is -0.524. The Hall–Kier alpha value is -3.17. The predicted octanol–water partition coefficient (Wildman–Crippen LogP) is 1.98. The van der Waals surface area contributed by atoms with Gasteiger partial charge in [-0.15, -0.1) is 0 Å². The van der Waals surface area contributed by atoms with Crippen molar-refractivity contribution < 1.29 is 23.1 Å². The Balaban J connectivity index is 1.69. The first-order valence-corrected chi connectivity index (χ1v) is 10.9. The SMILES string of the molecule is O=C(NC[C@@H]1CCCO1)c1ccc2c(O)c(S(=O)(=O)c3ccccc3)c(=O)[nH]c2c1. The van der Waals surface area contributed by atoms with E-state index < -0.39 is 26.0 Å². The molecule has 1 aliphatic rings. The molecular formula is C21H20N2O6S. The topological polar surface area (TPSA) is 126 Å². The van der Waals surface area contributed by atoms with Crippen molar-refractivity contribution in [2.24, 2.45) is 0 Å². The second-order valence-electron chi connectivity index (χ2n) is 7.05. The summed E-state index contributed by atoms with van der Waals surface area (Å²) in [6.45, 7) is 1.07. The standard InChI is InChI=1S/C21H20N2O6S/c24-18-16-9-8-13(20(25)22-12-14-5-4-10-29-14)11-17(16)23-21(26)19(18)30(27,28)15-6-2-1-3-7-15/h1-3,6-9,11,14H,4-5,10,12H2,(H,22,25)(H2,23,24,26)/t14-/m0/s1. The quantitative estimate of drug-likeness (QED) is 0.571. The minimum absolute atomic E-state index is 0.0102. The summed E-state index contributed by atoms with van der Waals surface area (Å²) in [6, 6.07) is 11.7. The molecule has 0 spiro atoms. The van der Waals surface area contributed by atoms with Crippen LogP contribution >= 0.6 is 0 Å². The summed E-state index contributed by atoms with van der Waals surface area (Å²) in [4.78, 5) is 26.6. The Morgan fingerprint density at radius 3 is 2.67 bits per heavy atom. The Kier molecular flexibility index (Phi) is 5.31. The van der Waals surface area contributed by atoms with Gasteiger partial charge in [0, 0.05) is 24.1 Å². The molecule has 0 unspecified atom stereocenters. The van der Waals surface area contributed by atoms with Crippen LogP contribution in [0.1, 0.15) is 23.2 Å². The smallest absolute Gasteiger partial charge is 0.271 e. The number of rotatable bonds is 5. The van der Waals surface area contributed by atoms with Crippen LogP contribution < -0.4 is 10.9 Å². The molecule has 1 amide bonds. The first kappa shape index (κ1) is 20.1. The van der Waals surface area contributed by atoms with Crippen molar-refractivity contribution in [3.8, 4) is 5.75 Å². The lowest BCUT2D eigenvalue weighted by Crippen LogP contribution is -2.31. The van der Waals surface area contributed by atoms with E-state index in [9.17, 15) is 23.1 Å². The number of fused-ring (bicyclic) bond motifs is 1. The molecule has 4 rings (SSSR count). The summed E-state index contributed by atoms with van der Waals surface area (Å²) in [5.74, 6) is -1.00. The fourth-order valence-corrected chi connectivity index (χ4v) is 4.90. The zero-order valence-electron chi connectivity index (χ0n) is 15.9. The number of pyridine rings is 1. The highest BCUT2D eigenvalue weighted by molar-refractivity contribution is 7.91. The minimum Gasteiger partial charge on any atom is -0.506 e. The van der Waals surface area contributed by atoms with Gasteiger partial charge in [-0.3, -0.25) is 9.59 Å². The molecule has 0 bridgehead atoms. The molecule has 0 radical (unpaired) electrons. The van der Waals surface area contributed by atoms with Gasteiger partial charge in [-0.05, 0) is 43.2 Å². The molecule has 3 aromatic rings. The number of hydrogen-bond donors (Lipinski definition) is 3. The van der Waals surface area contributed by atoms with Crippen LogP contribution in [-0.2, 0) is 14.6 Å². The van der Waals surface area contributed by atoms with Crippen LogP contribution in [0, 0.1) is 0 Å². The fourth-order valence-electron chi connectivity index (χ4n) is 3.49. The summed E-state index contributed by atoms with van der Waals surface area (Å²) < 4.78 is 31.2. The minimum atomic E-state index is -4.22. The van der Waals surface area contributed by atoms with Crippen LogP contribution in [0.15, 0.2) is 63.1 Å². The lowest BCUT2D eigenvalue weighted by atomic mass is 10.1. The molecule has 156 valence electrons. The van der Waals surface area contributed by atoms with Gasteiger partial charge in [-0.2, -0.15) is 0 Å². The molecular weight excluding hydrogens is 408 g/mol. The molecule has 1 aromatic heterocycles. The van der Waals surface area contributed by atoms with Gasteiger partial charge in [0.25, 0.3) is 11.5 Å². The van der Waals surface area contributed by atoms with Crippen molar-refractivity contribution in [1.82, 2.24) is 10.3 Å². The number of nitrogens with one attached hydrogen (secondary N) is 2.